The van der Waals surface area contributed by atoms with Gasteiger partial charge in [0.05, 0.1) is 19.6 Å². The summed E-state index contributed by atoms with van der Waals surface area (Å²) >= 11 is 0. The first-order valence-electron chi connectivity index (χ1n) is 5.10. The molecule has 0 fully saturated rings. The van der Waals surface area contributed by atoms with Gasteiger partial charge in [-0.1, -0.05) is 6.92 Å². The van der Waals surface area contributed by atoms with Crippen LogP contribution in [0.2, 0.25) is 0 Å². The minimum atomic E-state index is -0.272. The van der Waals surface area contributed by atoms with Crippen molar-refractivity contribution in [1.29, 1.82) is 0 Å². The van der Waals surface area contributed by atoms with Crippen LogP contribution < -0.4 is 10.6 Å². The maximum absolute atomic E-state index is 11.2. The second-order valence-electron chi connectivity index (χ2n) is 3.43. The fourth-order valence-corrected chi connectivity index (χ4v) is 1.08. The Morgan fingerprint density at radius 3 is 2.40 bits per heavy atom. The van der Waals surface area contributed by atoms with Gasteiger partial charge >= 0.3 is 5.97 Å². The lowest BCUT2D eigenvalue weighted by Crippen LogP contribution is -2.42. The van der Waals surface area contributed by atoms with Gasteiger partial charge in [-0.05, 0) is 13.8 Å². The Balaban J connectivity index is 3.87. The average Bonchev–Trinajstić information content (AvgIpc) is 2.24. The standard InChI is InChI=1S/C10H20N2O3/c1-5-11-9(13)6-12-8(3)7(2)10(14)15-4/h7-8,12H,5-6H2,1-4H3,(H,11,13). The molecule has 0 saturated heterocycles. The molecule has 2 unspecified atom stereocenters. The molecule has 0 saturated carbocycles. The van der Waals surface area contributed by atoms with Gasteiger partial charge in [-0.2, -0.15) is 0 Å². The Kier molecular flexibility index (Phi) is 6.70. The van der Waals surface area contributed by atoms with Crippen LogP contribution >= 0.6 is 0 Å². The first kappa shape index (κ1) is 13.9. The van der Waals surface area contributed by atoms with Gasteiger partial charge in [-0.25, -0.2) is 0 Å². The molecular weight excluding hydrogens is 196 g/mol. The van der Waals surface area contributed by atoms with Crippen molar-refractivity contribution in [2.45, 2.75) is 26.8 Å². The van der Waals surface area contributed by atoms with E-state index in [1.54, 1.807) is 6.92 Å². The Hall–Kier alpha value is -1.10. The smallest absolute Gasteiger partial charge is 0.309 e. The summed E-state index contributed by atoms with van der Waals surface area (Å²) < 4.78 is 4.61. The van der Waals surface area contributed by atoms with E-state index in [1.807, 2.05) is 13.8 Å². The first-order chi connectivity index (χ1) is 7.02. The minimum absolute atomic E-state index is 0.0681. The molecule has 0 aromatic carbocycles. The summed E-state index contributed by atoms with van der Waals surface area (Å²) in [4.78, 5) is 22.3. The van der Waals surface area contributed by atoms with Crippen molar-refractivity contribution in [3.8, 4) is 0 Å². The molecule has 0 aromatic heterocycles. The summed E-state index contributed by atoms with van der Waals surface area (Å²) in [6.07, 6.45) is 0. The van der Waals surface area contributed by atoms with Crippen LogP contribution in [-0.2, 0) is 14.3 Å². The van der Waals surface area contributed by atoms with Crippen LogP contribution in [0.5, 0.6) is 0 Å². The average molecular weight is 216 g/mol. The largest absolute Gasteiger partial charge is 0.469 e. The third-order valence-corrected chi connectivity index (χ3v) is 2.28. The number of methoxy groups -OCH3 is 1. The van der Waals surface area contributed by atoms with E-state index in [4.69, 9.17) is 0 Å². The number of hydrogen-bond acceptors (Lipinski definition) is 4. The van der Waals surface area contributed by atoms with E-state index in [0.29, 0.717) is 6.54 Å². The predicted octanol–water partition coefficient (Wildman–Crippen LogP) is -0.0903. The molecule has 0 aliphatic heterocycles. The zero-order valence-corrected chi connectivity index (χ0v) is 9.79. The highest BCUT2D eigenvalue weighted by atomic mass is 16.5. The number of likely N-dealkylation sites (N-methyl/N-ethyl adjacent to an activating group) is 1. The Labute approximate surface area is 90.6 Å². The van der Waals surface area contributed by atoms with E-state index in [0.717, 1.165) is 0 Å². The number of esters is 1. The fraction of sp³-hybridized carbons (Fsp3) is 0.800. The van der Waals surface area contributed by atoms with Gasteiger partial charge in [0.2, 0.25) is 5.91 Å². The van der Waals surface area contributed by atoms with Crippen molar-refractivity contribution in [2.24, 2.45) is 5.92 Å². The van der Waals surface area contributed by atoms with Gasteiger partial charge in [0.1, 0.15) is 0 Å². The van der Waals surface area contributed by atoms with Crippen molar-refractivity contribution in [2.75, 3.05) is 20.2 Å². The second-order valence-corrected chi connectivity index (χ2v) is 3.43. The molecule has 0 spiro atoms. The van der Waals surface area contributed by atoms with E-state index < -0.39 is 0 Å². The molecule has 5 heteroatoms. The summed E-state index contributed by atoms with van der Waals surface area (Å²) in [7, 11) is 1.36. The highest BCUT2D eigenvalue weighted by Gasteiger charge is 2.20. The Morgan fingerprint density at radius 2 is 1.93 bits per heavy atom. The summed E-state index contributed by atoms with van der Waals surface area (Å²) in [5, 5.41) is 5.63. The molecule has 2 atom stereocenters. The molecule has 5 nitrogen and oxygen atoms in total. The van der Waals surface area contributed by atoms with Crippen molar-refractivity contribution >= 4 is 11.9 Å². The number of rotatable bonds is 6. The lowest BCUT2D eigenvalue weighted by molar-refractivity contribution is -0.145. The number of hydrogen-bond donors (Lipinski definition) is 2. The molecule has 0 aliphatic carbocycles. The topological polar surface area (TPSA) is 67.4 Å². The van der Waals surface area contributed by atoms with Gasteiger partial charge in [-0.15, -0.1) is 0 Å². The molecular formula is C10H20N2O3. The van der Waals surface area contributed by atoms with E-state index >= 15 is 0 Å². The lowest BCUT2D eigenvalue weighted by Gasteiger charge is -2.18. The molecule has 0 rings (SSSR count). The van der Waals surface area contributed by atoms with Crippen LogP contribution in [0.4, 0.5) is 0 Å². The number of carbonyl (C=O) groups is 2. The molecule has 88 valence electrons. The van der Waals surface area contributed by atoms with Gasteiger partial charge < -0.3 is 15.4 Å². The number of carbonyl (C=O) groups excluding carboxylic acids is 2. The van der Waals surface area contributed by atoms with E-state index in [-0.39, 0.29) is 30.4 Å². The maximum atomic E-state index is 11.2. The minimum Gasteiger partial charge on any atom is -0.469 e. The van der Waals surface area contributed by atoms with Crippen LogP contribution in [0, 0.1) is 5.92 Å². The second kappa shape index (κ2) is 7.23. The molecule has 0 radical (unpaired) electrons. The molecule has 2 N–H and O–H groups in total. The maximum Gasteiger partial charge on any atom is 0.309 e. The highest BCUT2D eigenvalue weighted by Crippen LogP contribution is 2.03. The van der Waals surface area contributed by atoms with Crippen LogP contribution in [-0.4, -0.2) is 38.1 Å². The zero-order valence-electron chi connectivity index (χ0n) is 9.79. The van der Waals surface area contributed by atoms with E-state index in [1.165, 1.54) is 7.11 Å². The van der Waals surface area contributed by atoms with Crippen molar-refractivity contribution < 1.29 is 14.3 Å². The molecule has 0 bridgehead atoms. The van der Waals surface area contributed by atoms with Gasteiger partial charge in [0, 0.05) is 12.6 Å². The van der Waals surface area contributed by atoms with Crippen molar-refractivity contribution in [3.63, 3.8) is 0 Å². The lowest BCUT2D eigenvalue weighted by atomic mass is 10.0. The van der Waals surface area contributed by atoms with Crippen LogP contribution in [0.1, 0.15) is 20.8 Å². The highest BCUT2D eigenvalue weighted by molar-refractivity contribution is 5.78. The van der Waals surface area contributed by atoms with Crippen LogP contribution in [0.3, 0.4) is 0 Å². The zero-order chi connectivity index (χ0) is 11.8. The molecule has 0 aromatic rings. The Bertz CT molecular complexity index is 219. The third-order valence-electron chi connectivity index (χ3n) is 2.28. The van der Waals surface area contributed by atoms with E-state index in [2.05, 4.69) is 15.4 Å². The predicted molar refractivity (Wildman–Crippen MR) is 57.3 cm³/mol. The van der Waals surface area contributed by atoms with Crippen molar-refractivity contribution in [3.05, 3.63) is 0 Å². The summed E-state index contributed by atoms with van der Waals surface area (Å²) in [6, 6.07) is -0.0833. The van der Waals surface area contributed by atoms with Crippen LogP contribution in [0.15, 0.2) is 0 Å². The molecule has 1 amide bonds. The molecule has 0 aliphatic rings. The third kappa shape index (κ3) is 5.37. The molecule has 0 heterocycles. The normalized spacial score (nSPS) is 14.1. The van der Waals surface area contributed by atoms with Crippen LogP contribution in [0.25, 0.3) is 0 Å². The summed E-state index contributed by atoms with van der Waals surface area (Å²) in [5.41, 5.74) is 0. The summed E-state index contributed by atoms with van der Waals surface area (Å²) in [5.74, 6) is -0.600. The van der Waals surface area contributed by atoms with Gasteiger partial charge in [-0.3, -0.25) is 9.59 Å². The number of amides is 1. The van der Waals surface area contributed by atoms with Gasteiger partial charge in [0.25, 0.3) is 0 Å². The quantitative estimate of drug-likeness (QED) is 0.609. The monoisotopic (exact) mass is 216 g/mol. The number of ether oxygens (including phenoxy) is 1. The Morgan fingerprint density at radius 1 is 1.33 bits per heavy atom. The van der Waals surface area contributed by atoms with E-state index in [9.17, 15) is 9.59 Å². The first-order valence-corrected chi connectivity index (χ1v) is 5.10. The summed E-state index contributed by atoms with van der Waals surface area (Å²) in [6.45, 7) is 6.30. The van der Waals surface area contributed by atoms with Crippen molar-refractivity contribution in [1.82, 2.24) is 10.6 Å². The van der Waals surface area contributed by atoms with Gasteiger partial charge in [0.15, 0.2) is 0 Å². The SMILES string of the molecule is CCNC(=O)CNC(C)C(C)C(=O)OC. The molecule has 15 heavy (non-hydrogen) atoms. The number of nitrogens with one attached hydrogen (secondary N) is 2. The fourth-order valence-electron chi connectivity index (χ4n) is 1.08.